The predicted molar refractivity (Wildman–Crippen MR) is 74.8 cm³/mol. The van der Waals surface area contributed by atoms with Gasteiger partial charge in [-0.3, -0.25) is 4.68 Å². The van der Waals surface area contributed by atoms with Crippen molar-refractivity contribution in [3.63, 3.8) is 0 Å². The predicted octanol–water partition coefficient (Wildman–Crippen LogP) is 3.13. The van der Waals surface area contributed by atoms with Gasteiger partial charge in [-0.2, -0.15) is 5.10 Å². The second-order valence-corrected chi connectivity index (χ2v) is 5.02. The van der Waals surface area contributed by atoms with Gasteiger partial charge in [0.05, 0.1) is 23.5 Å². The van der Waals surface area contributed by atoms with Crippen molar-refractivity contribution in [3.05, 3.63) is 23.0 Å². The summed E-state index contributed by atoms with van der Waals surface area (Å²) >= 11 is 11.8. The maximum absolute atomic E-state index is 6.16. The van der Waals surface area contributed by atoms with Crippen LogP contribution in [0.1, 0.15) is 19.0 Å². The molecule has 0 aliphatic rings. The van der Waals surface area contributed by atoms with E-state index in [0.717, 1.165) is 30.8 Å². The molecule has 96 valence electrons. The maximum Gasteiger partial charge on any atom is 0.0862 e. The van der Waals surface area contributed by atoms with E-state index in [9.17, 15) is 0 Å². The first-order valence-electron chi connectivity index (χ1n) is 5.65. The molecule has 0 amide bonds. The van der Waals surface area contributed by atoms with Crippen LogP contribution in [0.3, 0.4) is 0 Å². The summed E-state index contributed by atoms with van der Waals surface area (Å²) in [5, 5.41) is 5.00. The lowest BCUT2D eigenvalue weighted by Gasteiger charge is -2.12. The summed E-state index contributed by atoms with van der Waals surface area (Å²) in [5.74, 6) is 0.626. The number of aromatic nitrogens is 2. The second-order valence-electron chi connectivity index (χ2n) is 4.23. The van der Waals surface area contributed by atoms with Crippen LogP contribution < -0.4 is 0 Å². The van der Waals surface area contributed by atoms with E-state index in [1.54, 1.807) is 6.20 Å². The number of nitrogens with zero attached hydrogens (tertiary/aromatic N) is 3. The van der Waals surface area contributed by atoms with E-state index in [1.165, 1.54) is 0 Å². The van der Waals surface area contributed by atoms with Crippen molar-refractivity contribution >= 4 is 28.8 Å². The van der Waals surface area contributed by atoms with Crippen LogP contribution in [0.5, 0.6) is 0 Å². The Hall–Kier alpha value is -0.510. The first-order chi connectivity index (χ1) is 8.06. The molecule has 0 aromatic carbocycles. The third-order valence-corrected chi connectivity index (χ3v) is 2.98. The van der Waals surface area contributed by atoms with Crippen LogP contribution >= 0.6 is 23.2 Å². The zero-order valence-corrected chi connectivity index (χ0v) is 12.1. The molecule has 0 aliphatic carbocycles. The van der Waals surface area contributed by atoms with E-state index in [1.807, 2.05) is 25.7 Å². The lowest BCUT2D eigenvalue weighted by Crippen LogP contribution is -2.20. The molecule has 0 aliphatic heterocycles. The minimum Gasteiger partial charge on any atom is -0.308 e. The third kappa shape index (κ3) is 4.34. The zero-order valence-electron chi connectivity index (χ0n) is 10.6. The zero-order chi connectivity index (χ0) is 12.8. The number of halogens is 2. The molecule has 3 nitrogen and oxygen atoms in total. The standard InChI is InChI=1S/C12H19Cl2N3/c1-10(5-4-6-13)12-11(14)9-15-17(12)8-7-16(2)3/h5,9H,4,6-8H2,1-3H3. The van der Waals surface area contributed by atoms with E-state index in [0.29, 0.717) is 10.9 Å². The van der Waals surface area contributed by atoms with Crippen molar-refractivity contribution in [3.8, 4) is 0 Å². The minimum absolute atomic E-state index is 0.626. The van der Waals surface area contributed by atoms with Gasteiger partial charge in [0.2, 0.25) is 0 Å². The van der Waals surface area contributed by atoms with E-state index in [-0.39, 0.29) is 0 Å². The van der Waals surface area contributed by atoms with Crippen LogP contribution in [0.4, 0.5) is 0 Å². The van der Waals surface area contributed by atoms with Crippen molar-refractivity contribution in [2.24, 2.45) is 0 Å². The summed E-state index contributed by atoms with van der Waals surface area (Å²) in [4.78, 5) is 2.12. The van der Waals surface area contributed by atoms with Gasteiger partial charge in [0.1, 0.15) is 0 Å². The molecule has 0 spiro atoms. The van der Waals surface area contributed by atoms with Crippen LogP contribution in [0, 0.1) is 0 Å². The molecule has 1 heterocycles. The van der Waals surface area contributed by atoms with Crippen LogP contribution in [-0.2, 0) is 6.54 Å². The topological polar surface area (TPSA) is 21.1 Å². The quantitative estimate of drug-likeness (QED) is 0.744. The molecular weight excluding hydrogens is 257 g/mol. The van der Waals surface area contributed by atoms with Crippen molar-refractivity contribution < 1.29 is 0 Å². The molecule has 1 aromatic rings. The van der Waals surface area contributed by atoms with Gasteiger partial charge in [-0.1, -0.05) is 17.7 Å². The first-order valence-corrected chi connectivity index (χ1v) is 6.56. The van der Waals surface area contributed by atoms with Gasteiger partial charge >= 0.3 is 0 Å². The average Bonchev–Trinajstić information content (AvgIpc) is 2.64. The second kappa shape index (κ2) is 7.04. The van der Waals surface area contributed by atoms with Crippen molar-refractivity contribution in [2.45, 2.75) is 19.9 Å². The van der Waals surface area contributed by atoms with Crippen LogP contribution in [-0.4, -0.2) is 41.2 Å². The van der Waals surface area contributed by atoms with Gasteiger partial charge in [-0.25, -0.2) is 0 Å². The summed E-state index contributed by atoms with van der Waals surface area (Å²) in [6, 6.07) is 0. The molecule has 0 N–H and O–H groups in total. The molecule has 1 rings (SSSR count). The monoisotopic (exact) mass is 275 g/mol. The van der Waals surface area contributed by atoms with Crippen LogP contribution in [0.25, 0.3) is 5.57 Å². The Morgan fingerprint density at radius 1 is 1.53 bits per heavy atom. The number of hydrogen-bond donors (Lipinski definition) is 0. The Labute approximate surface area is 113 Å². The maximum atomic E-state index is 6.16. The Balaban J connectivity index is 2.86. The number of likely N-dealkylation sites (N-methyl/N-ethyl adjacent to an activating group) is 1. The molecule has 0 atom stereocenters. The Morgan fingerprint density at radius 3 is 2.82 bits per heavy atom. The first kappa shape index (κ1) is 14.6. The summed E-state index contributed by atoms with van der Waals surface area (Å²) in [6.45, 7) is 3.82. The number of rotatable bonds is 6. The third-order valence-electron chi connectivity index (χ3n) is 2.49. The summed E-state index contributed by atoms with van der Waals surface area (Å²) < 4.78 is 1.95. The van der Waals surface area contributed by atoms with E-state index >= 15 is 0 Å². The smallest absolute Gasteiger partial charge is 0.0862 e. The fraction of sp³-hybridized carbons (Fsp3) is 0.583. The average molecular weight is 276 g/mol. The van der Waals surface area contributed by atoms with Gasteiger partial charge in [0.15, 0.2) is 0 Å². The lowest BCUT2D eigenvalue weighted by molar-refractivity contribution is 0.372. The molecule has 0 unspecified atom stereocenters. The van der Waals surface area contributed by atoms with Gasteiger partial charge in [-0.15, -0.1) is 11.6 Å². The van der Waals surface area contributed by atoms with Crippen molar-refractivity contribution in [2.75, 3.05) is 26.5 Å². The van der Waals surface area contributed by atoms with Gasteiger partial charge < -0.3 is 4.90 Å². The summed E-state index contributed by atoms with van der Waals surface area (Å²) in [7, 11) is 4.09. The van der Waals surface area contributed by atoms with Gasteiger partial charge in [0, 0.05) is 12.4 Å². The lowest BCUT2D eigenvalue weighted by atomic mass is 10.2. The van der Waals surface area contributed by atoms with E-state index < -0.39 is 0 Å². The molecule has 0 saturated heterocycles. The van der Waals surface area contributed by atoms with Crippen LogP contribution in [0.2, 0.25) is 5.02 Å². The fourth-order valence-corrected chi connectivity index (χ4v) is 1.99. The fourth-order valence-electron chi connectivity index (χ4n) is 1.59. The summed E-state index contributed by atoms with van der Waals surface area (Å²) in [5.41, 5.74) is 2.13. The Kier molecular flexibility index (Phi) is 6.03. The highest BCUT2D eigenvalue weighted by atomic mass is 35.5. The van der Waals surface area contributed by atoms with E-state index in [4.69, 9.17) is 23.2 Å². The molecule has 0 saturated carbocycles. The summed E-state index contributed by atoms with van der Waals surface area (Å²) in [6.07, 6.45) is 4.65. The highest BCUT2D eigenvalue weighted by molar-refractivity contribution is 6.32. The molecule has 1 aromatic heterocycles. The number of alkyl halides is 1. The highest BCUT2D eigenvalue weighted by Gasteiger charge is 2.10. The van der Waals surface area contributed by atoms with Gasteiger partial charge in [-0.05, 0) is 33.0 Å². The molecule has 17 heavy (non-hydrogen) atoms. The SMILES string of the molecule is CC(=CCCCl)c1c(Cl)cnn1CCN(C)C. The molecule has 5 heteroatoms. The Morgan fingerprint density at radius 2 is 2.24 bits per heavy atom. The number of hydrogen-bond acceptors (Lipinski definition) is 2. The number of allylic oxidation sites excluding steroid dienone is 2. The highest BCUT2D eigenvalue weighted by Crippen LogP contribution is 2.23. The Bertz CT molecular complexity index is 383. The normalized spacial score (nSPS) is 12.5. The van der Waals surface area contributed by atoms with E-state index in [2.05, 4.69) is 16.1 Å². The van der Waals surface area contributed by atoms with Crippen molar-refractivity contribution in [1.29, 1.82) is 0 Å². The molecule has 0 fully saturated rings. The van der Waals surface area contributed by atoms with Crippen molar-refractivity contribution in [1.82, 2.24) is 14.7 Å². The largest absolute Gasteiger partial charge is 0.308 e. The molecule has 0 radical (unpaired) electrons. The molecule has 0 bridgehead atoms. The molecular formula is C12H19Cl2N3. The minimum atomic E-state index is 0.626. The van der Waals surface area contributed by atoms with Crippen LogP contribution in [0.15, 0.2) is 12.3 Å². The van der Waals surface area contributed by atoms with Gasteiger partial charge in [0.25, 0.3) is 0 Å².